The lowest BCUT2D eigenvalue weighted by molar-refractivity contribution is -0.115. The second-order valence-corrected chi connectivity index (χ2v) is 7.22. The quantitative estimate of drug-likeness (QED) is 0.646. The maximum atomic E-state index is 12.4. The molecule has 1 amide bonds. The Morgan fingerprint density at radius 1 is 0.857 bits per heavy atom. The Morgan fingerprint density at radius 3 is 2.14 bits per heavy atom. The Labute approximate surface area is 163 Å². The fraction of sp³-hybridized carbons (Fsp3) is 0.278. The predicted molar refractivity (Wildman–Crippen MR) is 103 cm³/mol. The van der Waals surface area contributed by atoms with Gasteiger partial charge in [0.15, 0.2) is 11.5 Å². The summed E-state index contributed by atoms with van der Waals surface area (Å²) in [6, 6.07) is 8.98. The zero-order valence-corrected chi connectivity index (χ0v) is 16.8. The fourth-order valence-electron chi connectivity index (χ4n) is 2.32. The third-order valence-electron chi connectivity index (χ3n) is 3.77. The average Bonchev–Trinajstić information content (AvgIpc) is 2.72. The molecule has 10 heteroatoms. The number of ether oxygens (including phenoxy) is 4. The molecule has 2 aromatic rings. The lowest BCUT2D eigenvalue weighted by atomic mass is 10.2. The molecule has 2 N–H and O–H groups in total. The predicted octanol–water partition coefficient (Wildman–Crippen LogP) is 1.64. The molecule has 0 fully saturated rings. The van der Waals surface area contributed by atoms with Crippen molar-refractivity contribution in [1.82, 2.24) is 4.72 Å². The van der Waals surface area contributed by atoms with Crippen molar-refractivity contribution in [2.24, 2.45) is 0 Å². The van der Waals surface area contributed by atoms with Gasteiger partial charge in [-0.05, 0) is 24.3 Å². The molecule has 0 aliphatic rings. The van der Waals surface area contributed by atoms with Crippen molar-refractivity contribution in [1.29, 1.82) is 0 Å². The van der Waals surface area contributed by atoms with E-state index in [2.05, 4.69) is 10.0 Å². The standard InChI is InChI=1S/C18H22N2O7S/c1-24-12-5-7-14(16(9-12)26-3)20-18(21)11-19-28(22,23)13-6-8-15(25-2)17(10-13)27-4/h5-10,19H,11H2,1-4H3,(H,20,21). The second-order valence-electron chi connectivity index (χ2n) is 5.46. The Bertz CT molecular complexity index is 945. The summed E-state index contributed by atoms with van der Waals surface area (Å²) in [5.41, 5.74) is 0.388. The van der Waals surface area contributed by atoms with Crippen LogP contribution in [0.1, 0.15) is 0 Å². The van der Waals surface area contributed by atoms with E-state index in [0.717, 1.165) is 0 Å². The lowest BCUT2D eigenvalue weighted by Gasteiger charge is -2.13. The number of sulfonamides is 1. The molecule has 2 aromatic carbocycles. The molecule has 0 saturated heterocycles. The van der Waals surface area contributed by atoms with Gasteiger partial charge in [-0.1, -0.05) is 0 Å². The average molecular weight is 410 g/mol. The first-order valence-corrected chi connectivity index (χ1v) is 9.56. The SMILES string of the molecule is COc1ccc(NC(=O)CNS(=O)(=O)c2ccc(OC)c(OC)c2)c(OC)c1. The maximum Gasteiger partial charge on any atom is 0.241 e. The van der Waals surface area contributed by atoms with E-state index in [1.165, 1.54) is 46.6 Å². The van der Waals surface area contributed by atoms with Crippen LogP contribution in [0.4, 0.5) is 5.69 Å². The zero-order valence-electron chi connectivity index (χ0n) is 15.9. The summed E-state index contributed by atoms with van der Waals surface area (Å²) in [6.07, 6.45) is 0. The van der Waals surface area contributed by atoms with Gasteiger partial charge in [0.25, 0.3) is 0 Å². The number of amides is 1. The van der Waals surface area contributed by atoms with Gasteiger partial charge in [0.05, 0.1) is 45.6 Å². The van der Waals surface area contributed by atoms with Crippen LogP contribution in [-0.4, -0.2) is 49.3 Å². The van der Waals surface area contributed by atoms with Gasteiger partial charge in [-0.2, -0.15) is 0 Å². The molecule has 0 bridgehead atoms. The molecule has 0 saturated carbocycles. The van der Waals surface area contributed by atoms with E-state index in [-0.39, 0.29) is 10.6 Å². The van der Waals surface area contributed by atoms with Crippen molar-refractivity contribution >= 4 is 21.6 Å². The molecule has 152 valence electrons. The highest BCUT2D eigenvalue weighted by Gasteiger charge is 2.18. The summed E-state index contributed by atoms with van der Waals surface area (Å²) in [7, 11) is 1.88. The molecule has 0 radical (unpaired) electrons. The maximum absolute atomic E-state index is 12.4. The fourth-order valence-corrected chi connectivity index (χ4v) is 3.32. The first-order chi connectivity index (χ1) is 13.3. The number of hydrogen-bond donors (Lipinski definition) is 2. The summed E-state index contributed by atoms with van der Waals surface area (Å²) in [4.78, 5) is 12.1. The minimum Gasteiger partial charge on any atom is -0.497 e. The van der Waals surface area contributed by atoms with Crippen LogP contribution < -0.4 is 29.0 Å². The van der Waals surface area contributed by atoms with Crippen LogP contribution in [0.5, 0.6) is 23.0 Å². The minimum absolute atomic E-state index is 0.0556. The van der Waals surface area contributed by atoms with Crippen LogP contribution >= 0.6 is 0 Å². The minimum atomic E-state index is -3.93. The Hall–Kier alpha value is -2.98. The summed E-state index contributed by atoms with van der Waals surface area (Å²) >= 11 is 0. The van der Waals surface area contributed by atoms with Crippen molar-refractivity contribution in [2.75, 3.05) is 40.3 Å². The molecule has 0 unspecified atom stereocenters. The number of benzene rings is 2. The van der Waals surface area contributed by atoms with E-state index in [9.17, 15) is 13.2 Å². The number of carbonyl (C=O) groups excluding carboxylic acids is 1. The van der Waals surface area contributed by atoms with Gasteiger partial charge in [0, 0.05) is 12.1 Å². The first-order valence-electron chi connectivity index (χ1n) is 8.08. The third-order valence-corrected chi connectivity index (χ3v) is 5.17. The van der Waals surface area contributed by atoms with E-state index in [0.29, 0.717) is 22.9 Å². The summed E-state index contributed by atoms with van der Waals surface area (Å²) in [5.74, 6) is 1.04. The van der Waals surface area contributed by atoms with Gasteiger partial charge < -0.3 is 24.3 Å². The first kappa shape index (κ1) is 21.3. The smallest absolute Gasteiger partial charge is 0.241 e. The van der Waals surface area contributed by atoms with E-state index in [1.54, 1.807) is 18.2 Å². The number of methoxy groups -OCH3 is 4. The highest BCUT2D eigenvalue weighted by Crippen LogP contribution is 2.30. The van der Waals surface area contributed by atoms with Crippen molar-refractivity contribution in [3.05, 3.63) is 36.4 Å². The largest absolute Gasteiger partial charge is 0.497 e. The van der Waals surface area contributed by atoms with Crippen LogP contribution in [0.25, 0.3) is 0 Å². The summed E-state index contributed by atoms with van der Waals surface area (Å²) in [6.45, 7) is -0.466. The number of carbonyl (C=O) groups is 1. The van der Waals surface area contributed by atoms with Gasteiger partial charge in [-0.25, -0.2) is 13.1 Å². The van der Waals surface area contributed by atoms with Crippen LogP contribution in [0.3, 0.4) is 0 Å². The van der Waals surface area contributed by atoms with Crippen molar-refractivity contribution in [3.63, 3.8) is 0 Å². The van der Waals surface area contributed by atoms with Crippen LogP contribution in [0, 0.1) is 0 Å². The summed E-state index contributed by atoms with van der Waals surface area (Å²) < 4.78 is 47.6. The van der Waals surface area contributed by atoms with Crippen LogP contribution in [0.15, 0.2) is 41.3 Å². The van der Waals surface area contributed by atoms with Crippen molar-refractivity contribution < 1.29 is 32.2 Å². The van der Waals surface area contributed by atoms with E-state index in [4.69, 9.17) is 18.9 Å². The molecule has 2 rings (SSSR count). The summed E-state index contributed by atoms with van der Waals surface area (Å²) in [5, 5.41) is 2.59. The van der Waals surface area contributed by atoms with E-state index in [1.807, 2.05) is 0 Å². The molecule has 0 aromatic heterocycles. The molecular formula is C18H22N2O7S. The molecule has 0 aliphatic carbocycles. The van der Waals surface area contributed by atoms with E-state index >= 15 is 0 Å². The molecule has 0 heterocycles. The highest BCUT2D eigenvalue weighted by molar-refractivity contribution is 7.89. The van der Waals surface area contributed by atoms with Gasteiger partial charge in [0.2, 0.25) is 15.9 Å². The molecule has 28 heavy (non-hydrogen) atoms. The van der Waals surface area contributed by atoms with Gasteiger partial charge >= 0.3 is 0 Å². The Balaban J connectivity index is 2.08. The normalized spacial score (nSPS) is 10.9. The van der Waals surface area contributed by atoms with Crippen LogP contribution in [-0.2, 0) is 14.8 Å². The van der Waals surface area contributed by atoms with Gasteiger partial charge in [-0.3, -0.25) is 4.79 Å². The molecule has 0 aliphatic heterocycles. The Kier molecular flexibility index (Phi) is 7.07. The second kappa shape index (κ2) is 9.29. The molecule has 0 atom stereocenters. The van der Waals surface area contributed by atoms with Gasteiger partial charge in [0.1, 0.15) is 11.5 Å². The molecule has 9 nitrogen and oxygen atoms in total. The number of nitrogens with one attached hydrogen (secondary N) is 2. The van der Waals surface area contributed by atoms with Crippen molar-refractivity contribution in [3.8, 4) is 23.0 Å². The number of hydrogen-bond acceptors (Lipinski definition) is 7. The number of rotatable bonds is 9. The monoisotopic (exact) mass is 410 g/mol. The van der Waals surface area contributed by atoms with Crippen molar-refractivity contribution in [2.45, 2.75) is 4.90 Å². The zero-order chi connectivity index (χ0) is 20.7. The topological polar surface area (TPSA) is 112 Å². The lowest BCUT2D eigenvalue weighted by Crippen LogP contribution is -2.33. The Morgan fingerprint density at radius 2 is 1.54 bits per heavy atom. The third kappa shape index (κ3) is 5.05. The van der Waals surface area contributed by atoms with E-state index < -0.39 is 22.5 Å². The van der Waals surface area contributed by atoms with Crippen LogP contribution in [0.2, 0.25) is 0 Å². The highest BCUT2D eigenvalue weighted by atomic mass is 32.2. The molecule has 0 spiro atoms. The molecular weight excluding hydrogens is 388 g/mol. The number of anilines is 1. The van der Waals surface area contributed by atoms with Gasteiger partial charge in [-0.15, -0.1) is 0 Å².